The van der Waals surface area contributed by atoms with Gasteiger partial charge in [0, 0.05) is 13.1 Å². The summed E-state index contributed by atoms with van der Waals surface area (Å²) in [5.41, 5.74) is 1.16. The van der Waals surface area contributed by atoms with E-state index in [1.54, 1.807) is 24.3 Å². The minimum atomic E-state index is -3.75. The van der Waals surface area contributed by atoms with Crippen LogP contribution in [-0.4, -0.2) is 32.3 Å². The number of methoxy groups -OCH3 is 1. The number of hydrogen-bond acceptors (Lipinski definition) is 6. The maximum absolute atomic E-state index is 12.5. The summed E-state index contributed by atoms with van der Waals surface area (Å²) >= 11 is 0. The molecular weight excluding hydrogens is 376 g/mol. The van der Waals surface area contributed by atoms with E-state index in [-0.39, 0.29) is 10.7 Å². The highest BCUT2D eigenvalue weighted by Crippen LogP contribution is 2.19. The Morgan fingerprint density at radius 3 is 2.25 bits per heavy atom. The Balaban J connectivity index is 1.72. The van der Waals surface area contributed by atoms with Crippen molar-refractivity contribution in [1.82, 2.24) is 10.2 Å². The van der Waals surface area contributed by atoms with E-state index in [1.807, 2.05) is 37.3 Å². The van der Waals surface area contributed by atoms with Crippen molar-refractivity contribution in [3.63, 3.8) is 0 Å². The van der Waals surface area contributed by atoms with Crippen molar-refractivity contribution in [3.8, 4) is 5.75 Å². The second-order valence-corrected chi connectivity index (χ2v) is 7.74. The molecule has 0 amide bonds. The Kier molecular flexibility index (Phi) is 6.10. The Hall–Kier alpha value is -3.13. The maximum atomic E-state index is 12.5. The number of hydrogen-bond donors (Lipinski definition) is 1. The zero-order valence-corrected chi connectivity index (χ0v) is 16.6. The summed E-state index contributed by atoms with van der Waals surface area (Å²) in [5.74, 6) is 1.43. The molecule has 0 atom stereocenters. The highest BCUT2D eigenvalue weighted by Gasteiger charge is 2.16. The van der Waals surface area contributed by atoms with E-state index in [9.17, 15) is 8.42 Å². The number of rotatable bonds is 8. The number of aromatic nitrogens is 2. The van der Waals surface area contributed by atoms with E-state index in [0.717, 1.165) is 12.1 Å². The molecule has 1 aromatic heterocycles. The van der Waals surface area contributed by atoms with Gasteiger partial charge in [-0.2, -0.15) is 0 Å². The summed E-state index contributed by atoms with van der Waals surface area (Å²) in [4.78, 5) is 2.18. The molecule has 1 N–H and O–H groups in total. The van der Waals surface area contributed by atoms with Gasteiger partial charge in [0.25, 0.3) is 10.0 Å². The van der Waals surface area contributed by atoms with Crippen molar-refractivity contribution in [2.75, 3.05) is 23.3 Å². The van der Waals surface area contributed by atoms with Crippen LogP contribution >= 0.6 is 0 Å². The Morgan fingerprint density at radius 2 is 1.68 bits per heavy atom. The van der Waals surface area contributed by atoms with E-state index < -0.39 is 10.0 Å². The molecule has 1 heterocycles. The molecule has 0 unspecified atom stereocenters. The molecule has 8 heteroatoms. The quantitative estimate of drug-likeness (QED) is 0.627. The molecule has 0 spiro atoms. The van der Waals surface area contributed by atoms with Crippen LogP contribution in [0, 0.1) is 0 Å². The van der Waals surface area contributed by atoms with Gasteiger partial charge in [0.15, 0.2) is 11.6 Å². The van der Waals surface area contributed by atoms with Gasteiger partial charge in [0.1, 0.15) is 5.75 Å². The van der Waals surface area contributed by atoms with Crippen LogP contribution in [-0.2, 0) is 16.6 Å². The Labute approximate surface area is 165 Å². The monoisotopic (exact) mass is 398 g/mol. The first-order valence-electron chi connectivity index (χ1n) is 8.81. The van der Waals surface area contributed by atoms with E-state index in [4.69, 9.17) is 4.74 Å². The van der Waals surface area contributed by atoms with Gasteiger partial charge in [-0.05, 0) is 48.9 Å². The van der Waals surface area contributed by atoms with Gasteiger partial charge in [0.2, 0.25) is 0 Å². The van der Waals surface area contributed by atoms with Crippen LogP contribution in [0.5, 0.6) is 5.75 Å². The van der Waals surface area contributed by atoms with Crippen LogP contribution < -0.4 is 14.4 Å². The lowest BCUT2D eigenvalue weighted by atomic mass is 10.2. The van der Waals surface area contributed by atoms with Crippen molar-refractivity contribution in [1.29, 1.82) is 0 Å². The molecular formula is C20H22N4O3S. The zero-order valence-electron chi connectivity index (χ0n) is 15.7. The SMILES string of the molecule is CCN(Cc1ccccc1)c1ccc(NS(=O)(=O)c2ccc(OC)cc2)nn1. The van der Waals surface area contributed by atoms with Crippen LogP contribution in [0.4, 0.5) is 11.6 Å². The summed E-state index contributed by atoms with van der Waals surface area (Å²) in [5, 5.41) is 8.21. The first kappa shape index (κ1) is 19.6. The molecule has 0 bridgehead atoms. The molecule has 0 aliphatic rings. The summed E-state index contributed by atoms with van der Waals surface area (Å²) in [7, 11) is -2.22. The van der Waals surface area contributed by atoms with Crippen molar-refractivity contribution < 1.29 is 13.2 Å². The van der Waals surface area contributed by atoms with E-state index in [0.29, 0.717) is 18.1 Å². The predicted octanol–water partition coefficient (Wildman–Crippen LogP) is 3.31. The van der Waals surface area contributed by atoms with Crippen molar-refractivity contribution in [2.45, 2.75) is 18.4 Å². The molecule has 146 valence electrons. The topological polar surface area (TPSA) is 84.4 Å². The summed E-state index contributed by atoms with van der Waals surface area (Å²) in [6.45, 7) is 3.48. The van der Waals surface area contributed by atoms with E-state index in [1.165, 1.54) is 19.2 Å². The molecule has 2 aromatic carbocycles. The fraction of sp³-hybridized carbons (Fsp3) is 0.200. The largest absolute Gasteiger partial charge is 0.497 e. The number of ether oxygens (including phenoxy) is 1. The maximum Gasteiger partial charge on any atom is 0.263 e. The van der Waals surface area contributed by atoms with Gasteiger partial charge in [-0.25, -0.2) is 8.42 Å². The van der Waals surface area contributed by atoms with Crippen molar-refractivity contribution in [2.24, 2.45) is 0 Å². The summed E-state index contributed by atoms with van der Waals surface area (Å²) in [6, 6.07) is 19.5. The smallest absolute Gasteiger partial charge is 0.263 e. The van der Waals surface area contributed by atoms with Gasteiger partial charge in [-0.3, -0.25) is 4.72 Å². The average molecular weight is 398 g/mol. The number of nitrogens with zero attached hydrogens (tertiary/aromatic N) is 3. The predicted molar refractivity (Wildman–Crippen MR) is 109 cm³/mol. The highest BCUT2D eigenvalue weighted by atomic mass is 32.2. The summed E-state index contributed by atoms with van der Waals surface area (Å²) in [6.07, 6.45) is 0. The molecule has 0 saturated carbocycles. The minimum Gasteiger partial charge on any atom is -0.497 e. The third-order valence-electron chi connectivity index (χ3n) is 4.18. The fourth-order valence-corrected chi connectivity index (χ4v) is 3.65. The molecule has 0 fully saturated rings. The molecule has 3 aromatic rings. The lowest BCUT2D eigenvalue weighted by Crippen LogP contribution is -2.23. The molecule has 0 aliphatic carbocycles. The Morgan fingerprint density at radius 1 is 0.964 bits per heavy atom. The molecule has 0 radical (unpaired) electrons. The normalized spacial score (nSPS) is 11.1. The van der Waals surface area contributed by atoms with Crippen LogP contribution in [0.15, 0.2) is 71.6 Å². The van der Waals surface area contributed by atoms with Gasteiger partial charge < -0.3 is 9.64 Å². The molecule has 0 aliphatic heterocycles. The lowest BCUT2D eigenvalue weighted by Gasteiger charge is -2.21. The Bertz CT molecular complexity index is 992. The third kappa shape index (κ3) is 4.77. The first-order chi connectivity index (χ1) is 13.5. The fourth-order valence-electron chi connectivity index (χ4n) is 2.66. The standard InChI is InChI=1S/C20H22N4O3S/c1-3-24(15-16-7-5-4-6-8-16)20-14-13-19(21-22-20)23-28(25,26)18-11-9-17(27-2)10-12-18/h4-14H,3,15H2,1-2H3,(H,21,23). The van der Waals surface area contributed by atoms with Gasteiger partial charge in [-0.15, -0.1) is 10.2 Å². The third-order valence-corrected chi connectivity index (χ3v) is 5.55. The second kappa shape index (κ2) is 8.71. The number of nitrogens with one attached hydrogen (secondary N) is 1. The van der Waals surface area contributed by atoms with Crippen LogP contribution in [0.1, 0.15) is 12.5 Å². The molecule has 28 heavy (non-hydrogen) atoms. The van der Waals surface area contributed by atoms with Gasteiger partial charge in [0.05, 0.1) is 12.0 Å². The van der Waals surface area contributed by atoms with Crippen LogP contribution in [0.25, 0.3) is 0 Å². The number of anilines is 2. The zero-order chi connectivity index (χ0) is 20.0. The van der Waals surface area contributed by atoms with Crippen molar-refractivity contribution >= 4 is 21.7 Å². The van der Waals surface area contributed by atoms with Gasteiger partial charge >= 0.3 is 0 Å². The molecule has 0 saturated heterocycles. The average Bonchev–Trinajstić information content (AvgIpc) is 2.73. The van der Waals surface area contributed by atoms with Crippen LogP contribution in [0.3, 0.4) is 0 Å². The number of benzene rings is 2. The molecule has 7 nitrogen and oxygen atoms in total. The minimum absolute atomic E-state index is 0.124. The van der Waals surface area contributed by atoms with Crippen molar-refractivity contribution in [3.05, 3.63) is 72.3 Å². The molecule has 3 rings (SSSR count). The highest BCUT2D eigenvalue weighted by molar-refractivity contribution is 7.92. The number of sulfonamides is 1. The lowest BCUT2D eigenvalue weighted by molar-refractivity contribution is 0.414. The van der Waals surface area contributed by atoms with Gasteiger partial charge in [-0.1, -0.05) is 30.3 Å². The van der Waals surface area contributed by atoms with Crippen LogP contribution in [0.2, 0.25) is 0 Å². The first-order valence-corrected chi connectivity index (χ1v) is 10.3. The van der Waals surface area contributed by atoms with E-state index >= 15 is 0 Å². The second-order valence-electron chi connectivity index (χ2n) is 6.06. The van der Waals surface area contributed by atoms with E-state index in [2.05, 4.69) is 19.8 Å². The summed E-state index contributed by atoms with van der Waals surface area (Å²) < 4.78 is 32.5.